The predicted octanol–water partition coefficient (Wildman–Crippen LogP) is 4.84. The average molecular weight is 426 g/mol. The number of carbonyl (C=O) groups is 1. The summed E-state index contributed by atoms with van der Waals surface area (Å²) in [6.07, 6.45) is 1.26. The van der Waals surface area contributed by atoms with E-state index in [4.69, 9.17) is 9.72 Å². The van der Waals surface area contributed by atoms with E-state index in [2.05, 4.69) is 30.9 Å². The number of hydrogen-bond acceptors (Lipinski definition) is 5. The molecule has 1 aromatic heterocycles. The normalized spacial score (nSPS) is 11.3. The van der Waals surface area contributed by atoms with E-state index in [0.29, 0.717) is 19.6 Å². The molecule has 3 aromatic rings. The average Bonchev–Trinajstić information content (AvgIpc) is 3.13. The van der Waals surface area contributed by atoms with Gasteiger partial charge in [-0.2, -0.15) is 0 Å². The van der Waals surface area contributed by atoms with E-state index in [1.54, 1.807) is 11.3 Å². The van der Waals surface area contributed by atoms with E-state index in [9.17, 15) is 4.79 Å². The lowest BCUT2D eigenvalue weighted by atomic mass is 10.0. The van der Waals surface area contributed by atoms with E-state index < -0.39 is 0 Å². The lowest BCUT2D eigenvalue weighted by Crippen LogP contribution is -2.34. The molecule has 0 aliphatic carbocycles. The molecule has 5 nitrogen and oxygen atoms in total. The molecule has 1 heterocycles. The predicted molar refractivity (Wildman–Crippen MR) is 126 cm³/mol. The molecule has 0 aliphatic heterocycles. The van der Waals surface area contributed by atoms with Crippen LogP contribution in [0.15, 0.2) is 36.4 Å². The van der Waals surface area contributed by atoms with Gasteiger partial charge in [-0.05, 0) is 76.7 Å². The topological polar surface area (TPSA) is 45.7 Å². The van der Waals surface area contributed by atoms with Gasteiger partial charge in [-0.3, -0.25) is 9.69 Å². The number of hydrogen-bond donors (Lipinski definition) is 0. The number of benzene rings is 2. The van der Waals surface area contributed by atoms with Gasteiger partial charge in [-0.25, -0.2) is 4.98 Å². The van der Waals surface area contributed by atoms with Gasteiger partial charge < -0.3 is 9.64 Å². The number of rotatable bonds is 9. The summed E-state index contributed by atoms with van der Waals surface area (Å²) in [5, 5.41) is 0.741. The zero-order chi connectivity index (χ0) is 21.7. The van der Waals surface area contributed by atoms with Crippen LogP contribution in [0.3, 0.4) is 0 Å². The van der Waals surface area contributed by atoms with Crippen molar-refractivity contribution in [3.8, 4) is 5.75 Å². The van der Waals surface area contributed by atoms with E-state index in [0.717, 1.165) is 39.6 Å². The monoisotopic (exact) mass is 425 g/mol. The number of aryl methyl sites for hydroxylation is 2. The van der Waals surface area contributed by atoms with Gasteiger partial charge in [0.2, 0.25) is 5.91 Å². The molecular weight excluding hydrogens is 394 g/mol. The third-order valence-corrected chi connectivity index (χ3v) is 6.16. The quantitative estimate of drug-likeness (QED) is 0.492. The number of aromatic nitrogens is 1. The Morgan fingerprint density at radius 2 is 1.90 bits per heavy atom. The highest BCUT2D eigenvalue weighted by atomic mass is 32.1. The fraction of sp³-hybridized carbons (Fsp3) is 0.417. The second-order valence-corrected chi connectivity index (χ2v) is 8.84. The second-order valence-electron chi connectivity index (χ2n) is 7.83. The minimum Gasteiger partial charge on any atom is -0.492 e. The molecule has 0 saturated heterocycles. The number of carbonyl (C=O) groups excluding carboxylic acids is 1. The summed E-state index contributed by atoms with van der Waals surface area (Å²) in [6.45, 7) is 8.29. The molecule has 0 bridgehead atoms. The van der Waals surface area contributed by atoms with Gasteiger partial charge in [0.05, 0.1) is 17.7 Å². The van der Waals surface area contributed by atoms with Crippen LogP contribution >= 0.6 is 11.3 Å². The Morgan fingerprint density at radius 3 is 2.60 bits per heavy atom. The Labute approximate surface area is 183 Å². The molecule has 0 unspecified atom stereocenters. The molecule has 0 saturated carbocycles. The van der Waals surface area contributed by atoms with Gasteiger partial charge in [0.25, 0.3) is 0 Å². The molecule has 30 heavy (non-hydrogen) atoms. The van der Waals surface area contributed by atoms with E-state index in [-0.39, 0.29) is 5.91 Å². The van der Waals surface area contributed by atoms with Crippen LogP contribution in [0.2, 0.25) is 0 Å². The minimum absolute atomic E-state index is 0.0778. The van der Waals surface area contributed by atoms with Crippen LogP contribution in [0.1, 0.15) is 30.0 Å². The minimum atomic E-state index is 0.0778. The zero-order valence-corrected chi connectivity index (χ0v) is 19.4. The van der Waals surface area contributed by atoms with Crippen LogP contribution in [0.5, 0.6) is 5.75 Å². The molecule has 6 heteroatoms. The Kier molecular flexibility index (Phi) is 7.45. The first kappa shape index (κ1) is 22.2. The smallest absolute Gasteiger partial charge is 0.233 e. The number of amides is 1. The molecule has 0 N–H and O–H groups in total. The first-order valence-corrected chi connectivity index (χ1v) is 11.2. The van der Waals surface area contributed by atoms with Crippen LogP contribution in [-0.4, -0.2) is 49.6 Å². The van der Waals surface area contributed by atoms with Crippen molar-refractivity contribution in [2.24, 2.45) is 0 Å². The first-order valence-electron chi connectivity index (χ1n) is 10.4. The van der Waals surface area contributed by atoms with Crippen LogP contribution in [-0.2, 0) is 11.2 Å². The van der Waals surface area contributed by atoms with Crippen molar-refractivity contribution in [3.63, 3.8) is 0 Å². The van der Waals surface area contributed by atoms with Gasteiger partial charge in [0.1, 0.15) is 11.3 Å². The maximum Gasteiger partial charge on any atom is 0.233 e. The SMILES string of the molecule is CCOc1cccc2sc(N(CCCN(C)C)C(=O)Cc3ccc(C)c(C)c3)nc12. The highest BCUT2D eigenvalue weighted by molar-refractivity contribution is 7.22. The van der Waals surface area contributed by atoms with Crippen molar-refractivity contribution < 1.29 is 9.53 Å². The molecule has 0 atom stereocenters. The first-order chi connectivity index (χ1) is 14.4. The molecule has 0 radical (unpaired) electrons. The third kappa shape index (κ3) is 5.37. The van der Waals surface area contributed by atoms with Gasteiger partial charge in [-0.1, -0.05) is 35.6 Å². The van der Waals surface area contributed by atoms with E-state index in [1.807, 2.05) is 50.2 Å². The number of anilines is 1. The number of ether oxygens (including phenoxy) is 1. The fourth-order valence-electron chi connectivity index (χ4n) is 3.35. The third-order valence-electron chi connectivity index (χ3n) is 5.12. The molecule has 1 amide bonds. The maximum absolute atomic E-state index is 13.3. The maximum atomic E-state index is 13.3. The van der Waals surface area contributed by atoms with Crippen molar-refractivity contribution in [3.05, 3.63) is 53.1 Å². The fourth-order valence-corrected chi connectivity index (χ4v) is 4.38. The summed E-state index contributed by atoms with van der Waals surface area (Å²) < 4.78 is 6.77. The zero-order valence-electron chi connectivity index (χ0n) is 18.6. The Hall–Kier alpha value is -2.44. The molecule has 3 rings (SSSR count). The lowest BCUT2D eigenvalue weighted by Gasteiger charge is -2.21. The molecule has 160 valence electrons. The summed E-state index contributed by atoms with van der Waals surface area (Å²) in [4.78, 5) is 22.1. The molecule has 0 fully saturated rings. The summed E-state index contributed by atoms with van der Waals surface area (Å²) in [7, 11) is 4.10. The summed E-state index contributed by atoms with van der Waals surface area (Å²) in [6, 6.07) is 12.2. The van der Waals surface area contributed by atoms with Gasteiger partial charge in [0.15, 0.2) is 5.13 Å². The van der Waals surface area contributed by atoms with Crippen molar-refractivity contribution in [1.29, 1.82) is 0 Å². The molecular formula is C24H31N3O2S. The van der Waals surface area contributed by atoms with Crippen molar-refractivity contribution in [2.75, 3.05) is 38.7 Å². The van der Waals surface area contributed by atoms with E-state index in [1.165, 1.54) is 11.1 Å². The van der Waals surface area contributed by atoms with Gasteiger partial charge >= 0.3 is 0 Å². The highest BCUT2D eigenvalue weighted by Gasteiger charge is 2.21. The van der Waals surface area contributed by atoms with Crippen molar-refractivity contribution in [2.45, 2.75) is 33.6 Å². The molecule has 0 aliphatic rings. The molecule has 2 aromatic carbocycles. The summed E-state index contributed by atoms with van der Waals surface area (Å²) >= 11 is 1.55. The Morgan fingerprint density at radius 1 is 1.10 bits per heavy atom. The van der Waals surface area contributed by atoms with Crippen molar-refractivity contribution >= 4 is 32.6 Å². The Bertz CT molecular complexity index is 1010. The lowest BCUT2D eigenvalue weighted by molar-refractivity contribution is -0.118. The largest absolute Gasteiger partial charge is 0.492 e. The number of para-hydroxylation sites is 1. The second kappa shape index (κ2) is 10.0. The number of thiazole rings is 1. The van der Waals surface area contributed by atoms with Crippen LogP contribution < -0.4 is 9.64 Å². The Balaban J connectivity index is 1.89. The van der Waals surface area contributed by atoms with Gasteiger partial charge in [-0.15, -0.1) is 0 Å². The van der Waals surface area contributed by atoms with Crippen LogP contribution in [0.25, 0.3) is 10.2 Å². The van der Waals surface area contributed by atoms with E-state index >= 15 is 0 Å². The van der Waals surface area contributed by atoms with Crippen molar-refractivity contribution in [1.82, 2.24) is 9.88 Å². The summed E-state index contributed by atoms with van der Waals surface area (Å²) in [5.41, 5.74) is 4.32. The van der Waals surface area contributed by atoms with Crippen LogP contribution in [0.4, 0.5) is 5.13 Å². The standard InChI is InChI=1S/C24H31N3O2S/c1-6-29-20-9-7-10-21-23(20)25-24(30-21)27(14-8-13-26(4)5)22(28)16-19-12-11-17(2)18(3)15-19/h7,9-12,15H,6,8,13-14,16H2,1-5H3. The van der Waals surface area contributed by atoms with Gasteiger partial charge in [0, 0.05) is 6.54 Å². The molecule has 0 spiro atoms. The number of nitrogens with zero attached hydrogens (tertiary/aromatic N) is 3. The van der Waals surface area contributed by atoms with Crippen LogP contribution in [0, 0.1) is 13.8 Å². The highest BCUT2D eigenvalue weighted by Crippen LogP contribution is 2.34. The summed E-state index contributed by atoms with van der Waals surface area (Å²) in [5.74, 6) is 0.848. The number of fused-ring (bicyclic) bond motifs is 1.